The maximum Gasteiger partial charge on any atom is 0.250 e. The molecule has 2 heterocycles. The second kappa shape index (κ2) is 5.02. The Balaban J connectivity index is 1.50. The van der Waals surface area contributed by atoms with Gasteiger partial charge in [0.25, 0.3) is 0 Å². The number of carbonyl (C=O) groups excluding carboxylic acids is 1. The Hall–Kier alpha value is -1.55. The van der Waals surface area contributed by atoms with Gasteiger partial charge in [0.1, 0.15) is 5.54 Å². The third kappa shape index (κ3) is 2.22. The van der Waals surface area contributed by atoms with Crippen LogP contribution in [0.4, 0.5) is 11.4 Å². The van der Waals surface area contributed by atoms with Gasteiger partial charge in [0.2, 0.25) is 5.91 Å². The lowest BCUT2D eigenvalue weighted by Gasteiger charge is -2.45. The molecule has 0 aromatic heterocycles. The van der Waals surface area contributed by atoms with Crippen LogP contribution in [0.2, 0.25) is 0 Å². The number of carbonyl (C=O) groups is 1. The van der Waals surface area contributed by atoms with Crippen molar-refractivity contribution in [1.29, 1.82) is 0 Å². The Labute approximate surface area is 125 Å². The highest BCUT2D eigenvalue weighted by molar-refractivity contribution is 6.06. The SMILES string of the molecule is O=C1Nc2ccccc2NC12CCN(C1CCCC1)CC2. The summed E-state index contributed by atoms with van der Waals surface area (Å²) in [6, 6.07) is 8.76. The Kier molecular flexibility index (Phi) is 3.14. The molecule has 0 bridgehead atoms. The lowest BCUT2D eigenvalue weighted by molar-refractivity contribution is -0.122. The highest BCUT2D eigenvalue weighted by Crippen LogP contribution is 2.37. The number of fused-ring (bicyclic) bond motifs is 1. The number of hydrogen-bond acceptors (Lipinski definition) is 3. The minimum atomic E-state index is -0.399. The first-order valence-corrected chi connectivity index (χ1v) is 8.20. The van der Waals surface area contributed by atoms with Crippen LogP contribution in [-0.2, 0) is 4.79 Å². The molecular weight excluding hydrogens is 262 g/mol. The third-order valence-corrected chi connectivity index (χ3v) is 5.48. The summed E-state index contributed by atoms with van der Waals surface area (Å²) in [4.78, 5) is 15.2. The van der Waals surface area contributed by atoms with E-state index in [0.717, 1.165) is 43.3 Å². The lowest BCUT2D eigenvalue weighted by Crippen LogP contribution is -2.59. The number of benzene rings is 1. The summed E-state index contributed by atoms with van der Waals surface area (Å²) in [6.07, 6.45) is 7.25. The average molecular weight is 285 g/mol. The molecule has 4 heteroatoms. The monoisotopic (exact) mass is 285 g/mol. The standard InChI is InChI=1S/C17H23N3O/c21-16-17(19-15-8-4-3-7-14(15)18-16)9-11-20(12-10-17)13-5-1-2-6-13/h3-4,7-8,13,19H,1-2,5-6,9-12H2,(H,18,21). The van der Waals surface area contributed by atoms with Gasteiger partial charge in [-0.3, -0.25) is 4.79 Å². The molecule has 3 aliphatic rings. The first kappa shape index (κ1) is 13.1. The van der Waals surface area contributed by atoms with Gasteiger partial charge in [-0.05, 0) is 37.8 Å². The minimum absolute atomic E-state index is 0.146. The van der Waals surface area contributed by atoms with Crippen molar-refractivity contribution in [2.24, 2.45) is 0 Å². The zero-order valence-electron chi connectivity index (χ0n) is 12.4. The van der Waals surface area contributed by atoms with E-state index in [1.807, 2.05) is 18.2 Å². The van der Waals surface area contributed by atoms with Crippen LogP contribution in [0.3, 0.4) is 0 Å². The summed E-state index contributed by atoms with van der Waals surface area (Å²) in [6.45, 7) is 2.07. The number of anilines is 2. The molecule has 4 rings (SSSR count). The Morgan fingerprint density at radius 3 is 2.43 bits per heavy atom. The number of para-hydroxylation sites is 2. The Bertz CT molecular complexity index is 543. The van der Waals surface area contributed by atoms with E-state index in [2.05, 4.69) is 21.6 Å². The molecule has 2 fully saturated rings. The van der Waals surface area contributed by atoms with Crippen molar-refractivity contribution >= 4 is 17.3 Å². The lowest BCUT2D eigenvalue weighted by atomic mass is 9.84. The molecule has 2 aliphatic heterocycles. The van der Waals surface area contributed by atoms with E-state index in [-0.39, 0.29) is 5.91 Å². The predicted molar refractivity (Wildman–Crippen MR) is 84.5 cm³/mol. The molecule has 1 amide bonds. The minimum Gasteiger partial charge on any atom is -0.369 e. The van der Waals surface area contributed by atoms with Crippen LogP contribution in [0.25, 0.3) is 0 Å². The summed E-state index contributed by atoms with van der Waals surface area (Å²) < 4.78 is 0. The van der Waals surface area contributed by atoms with Gasteiger partial charge < -0.3 is 15.5 Å². The molecule has 112 valence electrons. The molecule has 1 aromatic rings. The molecule has 0 unspecified atom stereocenters. The van der Waals surface area contributed by atoms with E-state index in [4.69, 9.17) is 0 Å². The van der Waals surface area contributed by atoms with Gasteiger partial charge in [-0.1, -0.05) is 25.0 Å². The van der Waals surface area contributed by atoms with Gasteiger partial charge in [0.15, 0.2) is 0 Å². The highest BCUT2D eigenvalue weighted by atomic mass is 16.2. The van der Waals surface area contributed by atoms with E-state index in [9.17, 15) is 4.79 Å². The summed E-state index contributed by atoms with van der Waals surface area (Å²) in [5, 5.41) is 6.62. The molecule has 2 N–H and O–H groups in total. The molecule has 4 nitrogen and oxygen atoms in total. The number of piperidine rings is 1. The zero-order chi connectivity index (χ0) is 14.3. The van der Waals surface area contributed by atoms with Crippen molar-refractivity contribution in [2.45, 2.75) is 50.1 Å². The van der Waals surface area contributed by atoms with Crippen LogP contribution in [0, 0.1) is 0 Å². The van der Waals surface area contributed by atoms with Gasteiger partial charge in [-0.25, -0.2) is 0 Å². The van der Waals surface area contributed by atoms with Crippen LogP contribution in [0.15, 0.2) is 24.3 Å². The normalized spacial score (nSPS) is 25.4. The van der Waals surface area contributed by atoms with Gasteiger partial charge in [-0.15, -0.1) is 0 Å². The largest absolute Gasteiger partial charge is 0.369 e. The van der Waals surface area contributed by atoms with Crippen LogP contribution in [-0.4, -0.2) is 35.5 Å². The van der Waals surface area contributed by atoms with Crippen molar-refractivity contribution in [3.8, 4) is 0 Å². The molecule has 1 saturated carbocycles. The van der Waals surface area contributed by atoms with Crippen LogP contribution < -0.4 is 10.6 Å². The van der Waals surface area contributed by atoms with Gasteiger partial charge in [0, 0.05) is 19.1 Å². The maximum atomic E-state index is 12.6. The Morgan fingerprint density at radius 2 is 1.71 bits per heavy atom. The number of nitrogens with zero attached hydrogens (tertiary/aromatic N) is 1. The van der Waals surface area contributed by atoms with E-state index >= 15 is 0 Å². The molecule has 1 aromatic carbocycles. The average Bonchev–Trinajstić information content (AvgIpc) is 3.04. The Morgan fingerprint density at radius 1 is 1.05 bits per heavy atom. The van der Waals surface area contributed by atoms with Crippen molar-refractivity contribution < 1.29 is 4.79 Å². The molecule has 1 aliphatic carbocycles. The van der Waals surface area contributed by atoms with Gasteiger partial charge in [0.05, 0.1) is 11.4 Å². The second-order valence-electron chi connectivity index (χ2n) is 6.68. The summed E-state index contributed by atoms with van der Waals surface area (Å²) in [5.74, 6) is 0.146. The maximum absolute atomic E-state index is 12.6. The quantitative estimate of drug-likeness (QED) is 0.834. The number of hydrogen-bond donors (Lipinski definition) is 2. The van der Waals surface area contributed by atoms with E-state index in [0.29, 0.717) is 0 Å². The summed E-state index contributed by atoms with van der Waals surface area (Å²) in [5.41, 5.74) is 1.57. The van der Waals surface area contributed by atoms with Crippen LogP contribution in [0.5, 0.6) is 0 Å². The predicted octanol–water partition coefficient (Wildman–Crippen LogP) is 2.83. The van der Waals surface area contributed by atoms with Crippen LogP contribution in [0.1, 0.15) is 38.5 Å². The molecule has 0 radical (unpaired) electrons. The van der Waals surface area contributed by atoms with Gasteiger partial charge >= 0.3 is 0 Å². The van der Waals surface area contributed by atoms with E-state index in [1.165, 1.54) is 25.7 Å². The first-order chi connectivity index (χ1) is 10.3. The number of amides is 1. The molecule has 1 saturated heterocycles. The fraction of sp³-hybridized carbons (Fsp3) is 0.588. The smallest absolute Gasteiger partial charge is 0.250 e. The zero-order valence-corrected chi connectivity index (χ0v) is 12.4. The molecular formula is C17H23N3O. The molecule has 21 heavy (non-hydrogen) atoms. The number of nitrogens with one attached hydrogen (secondary N) is 2. The van der Waals surface area contributed by atoms with Crippen molar-refractivity contribution in [3.63, 3.8) is 0 Å². The van der Waals surface area contributed by atoms with E-state index < -0.39 is 5.54 Å². The molecule has 0 atom stereocenters. The van der Waals surface area contributed by atoms with Crippen molar-refractivity contribution in [2.75, 3.05) is 23.7 Å². The van der Waals surface area contributed by atoms with E-state index in [1.54, 1.807) is 0 Å². The van der Waals surface area contributed by atoms with Gasteiger partial charge in [-0.2, -0.15) is 0 Å². The highest BCUT2D eigenvalue weighted by Gasteiger charge is 2.45. The number of rotatable bonds is 1. The fourth-order valence-electron chi connectivity index (χ4n) is 4.15. The topological polar surface area (TPSA) is 44.4 Å². The van der Waals surface area contributed by atoms with Crippen LogP contribution >= 0.6 is 0 Å². The summed E-state index contributed by atoms with van der Waals surface area (Å²) in [7, 11) is 0. The summed E-state index contributed by atoms with van der Waals surface area (Å²) >= 11 is 0. The first-order valence-electron chi connectivity index (χ1n) is 8.20. The van der Waals surface area contributed by atoms with Crippen molar-refractivity contribution in [3.05, 3.63) is 24.3 Å². The fourth-order valence-corrected chi connectivity index (χ4v) is 4.15. The third-order valence-electron chi connectivity index (χ3n) is 5.48. The second-order valence-corrected chi connectivity index (χ2v) is 6.68. The number of likely N-dealkylation sites (tertiary alicyclic amines) is 1. The van der Waals surface area contributed by atoms with Crippen molar-refractivity contribution in [1.82, 2.24) is 4.90 Å². The molecule has 1 spiro atoms.